The molecule has 2 aromatic rings. The lowest BCUT2D eigenvalue weighted by Crippen LogP contribution is -2.17. The highest BCUT2D eigenvalue weighted by atomic mass is 16.1. The van der Waals surface area contributed by atoms with E-state index in [1.165, 1.54) is 12.4 Å². The Kier molecular flexibility index (Phi) is 4.53. The number of nitrogens with zero attached hydrogens (tertiary/aromatic N) is 4. The zero-order chi connectivity index (χ0) is 15.2. The third-order valence-electron chi connectivity index (χ3n) is 2.71. The molecule has 106 valence electrons. The Balaban J connectivity index is 2.26. The van der Waals surface area contributed by atoms with Crippen molar-refractivity contribution in [2.24, 2.45) is 5.73 Å². The Bertz CT molecular complexity index is 732. The van der Waals surface area contributed by atoms with Crippen molar-refractivity contribution in [3.8, 4) is 11.8 Å². The average Bonchev–Trinajstić information content (AvgIpc) is 2.49. The molecule has 7 nitrogen and oxygen atoms in total. The molecule has 0 bridgehead atoms. The van der Waals surface area contributed by atoms with E-state index >= 15 is 0 Å². The number of hydrogen-bond acceptors (Lipinski definition) is 6. The summed E-state index contributed by atoms with van der Waals surface area (Å²) in [5.41, 5.74) is 7.63. The van der Waals surface area contributed by atoms with Gasteiger partial charge in [0.05, 0.1) is 29.1 Å². The van der Waals surface area contributed by atoms with Gasteiger partial charge in [-0.1, -0.05) is 11.8 Å². The van der Waals surface area contributed by atoms with E-state index in [0.29, 0.717) is 22.5 Å². The van der Waals surface area contributed by atoms with E-state index in [-0.39, 0.29) is 18.4 Å². The number of pyridine rings is 1. The summed E-state index contributed by atoms with van der Waals surface area (Å²) in [7, 11) is 0. The highest BCUT2D eigenvalue weighted by molar-refractivity contribution is 6.04. The number of aromatic nitrogens is 4. The fourth-order valence-electron chi connectivity index (χ4n) is 1.52. The van der Waals surface area contributed by atoms with E-state index in [1.807, 2.05) is 0 Å². The Hall–Kier alpha value is -2.85. The topological polar surface area (TPSA) is 107 Å². The van der Waals surface area contributed by atoms with Gasteiger partial charge in [-0.05, 0) is 19.9 Å². The highest BCUT2D eigenvalue weighted by Gasteiger charge is 2.12. The van der Waals surface area contributed by atoms with Crippen molar-refractivity contribution < 1.29 is 4.79 Å². The van der Waals surface area contributed by atoms with Gasteiger partial charge in [-0.25, -0.2) is 4.98 Å². The molecule has 0 fully saturated rings. The number of anilines is 1. The van der Waals surface area contributed by atoms with Crippen LogP contribution in [-0.2, 0) is 0 Å². The van der Waals surface area contributed by atoms with Crippen LogP contribution in [0.4, 0.5) is 5.95 Å². The van der Waals surface area contributed by atoms with Crippen molar-refractivity contribution in [2.45, 2.75) is 13.8 Å². The van der Waals surface area contributed by atoms with Gasteiger partial charge in [-0.15, -0.1) is 5.10 Å². The molecule has 0 aliphatic heterocycles. The summed E-state index contributed by atoms with van der Waals surface area (Å²) in [6, 6.07) is 1.57. The smallest absolute Gasteiger partial charge is 0.259 e. The molecule has 2 heterocycles. The Labute approximate surface area is 122 Å². The molecule has 21 heavy (non-hydrogen) atoms. The minimum Gasteiger partial charge on any atom is -0.320 e. The number of amides is 1. The first-order chi connectivity index (χ1) is 10.1. The summed E-state index contributed by atoms with van der Waals surface area (Å²) < 4.78 is 0. The molecular formula is C14H14N6O. The van der Waals surface area contributed by atoms with Gasteiger partial charge in [-0.3, -0.25) is 15.1 Å². The molecule has 0 spiro atoms. The van der Waals surface area contributed by atoms with Crippen LogP contribution >= 0.6 is 0 Å². The van der Waals surface area contributed by atoms with Gasteiger partial charge in [0, 0.05) is 12.4 Å². The second kappa shape index (κ2) is 6.54. The fraction of sp³-hybridized carbons (Fsp3) is 0.214. The first-order valence-corrected chi connectivity index (χ1v) is 6.24. The first-order valence-electron chi connectivity index (χ1n) is 6.24. The largest absolute Gasteiger partial charge is 0.320 e. The van der Waals surface area contributed by atoms with Crippen LogP contribution in [0.5, 0.6) is 0 Å². The number of nitrogens with two attached hydrogens (primary N) is 1. The summed E-state index contributed by atoms with van der Waals surface area (Å²) in [4.78, 5) is 20.3. The minimum atomic E-state index is -0.372. The molecule has 3 N–H and O–H groups in total. The lowest BCUT2D eigenvalue weighted by atomic mass is 10.1. The molecular weight excluding hydrogens is 268 g/mol. The maximum absolute atomic E-state index is 12.2. The van der Waals surface area contributed by atoms with Crippen molar-refractivity contribution >= 4 is 11.9 Å². The predicted molar refractivity (Wildman–Crippen MR) is 77.4 cm³/mol. The molecule has 0 aliphatic rings. The van der Waals surface area contributed by atoms with Gasteiger partial charge < -0.3 is 5.73 Å². The van der Waals surface area contributed by atoms with Crippen LogP contribution in [0.3, 0.4) is 0 Å². The van der Waals surface area contributed by atoms with Crippen LogP contribution in [0.15, 0.2) is 18.5 Å². The molecule has 0 aromatic carbocycles. The Morgan fingerprint density at radius 3 is 2.86 bits per heavy atom. The van der Waals surface area contributed by atoms with Crippen LogP contribution in [0.1, 0.15) is 27.3 Å². The van der Waals surface area contributed by atoms with E-state index < -0.39 is 0 Å². The van der Waals surface area contributed by atoms with Gasteiger partial charge in [0.2, 0.25) is 5.95 Å². The molecule has 2 rings (SSSR count). The zero-order valence-corrected chi connectivity index (χ0v) is 11.7. The number of rotatable bonds is 2. The number of nitrogens with one attached hydrogen (secondary N) is 1. The van der Waals surface area contributed by atoms with Gasteiger partial charge in [0.1, 0.15) is 0 Å². The molecule has 2 aromatic heterocycles. The molecule has 0 atom stereocenters. The Morgan fingerprint density at radius 2 is 2.14 bits per heavy atom. The van der Waals surface area contributed by atoms with E-state index in [1.54, 1.807) is 19.9 Å². The fourth-order valence-corrected chi connectivity index (χ4v) is 1.52. The number of carbonyl (C=O) groups is 1. The lowest BCUT2D eigenvalue weighted by Gasteiger charge is -2.06. The maximum atomic E-state index is 12.2. The summed E-state index contributed by atoms with van der Waals surface area (Å²) in [6.45, 7) is 3.80. The average molecular weight is 282 g/mol. The van der Waals surface area contributed by atoms with E-state index in [9.17, 15) is 4.79 Å². The van der Waals surface area contributed by atoms with Gasteiger partial charge in [0.25, 0.3) is 5.91 Å². The van der Waals surface area contributed by atoms with Crippen molar-refractivity contribution in [3.05, 3.63) is 41.0 Å². The predicted octanol–water partition coefficient (Wildman–Crippen LogP) is 0.446. The van der Waals surface area contributed by atoms with E-state index in [2.05, 4.69) is 37.3 Å². The van der Waals surface area contributed by atoms with Gasteiger partial charge >= 0.3 is 0 Å². The molecule has 1 amide bonds. The zero-order valence-electron chi connectivity index (χ0n) is 11.7. The SMILES string of the molecule is Cc1nnc(NC(=O)c2ccncc2C#CCN)nc1C. The second-order valence-corrected chi connectivity index (χ2v) is 4.19. The van der Waals surface area contributed by atoms with Crippen LogP contribution in [-0.4, -0.2) is 32.6 Å². The van der Waals surface area contributed by atoms with Crippen LogP contribution < -0.4 is 11.1 Å². The summed E-state index contributed by atoms with van der Waals surface area (Å²) in [5.74, 6) is 5.28. The second-order valence-electron chi connectivity index (χ2n) is 4.19. The number of hydrogen-bond donors (Lipinski definition) is 2. The lowest BCUT2D eigenvalue weighted by molar-refractivity contribution is 0.102. The number of aryl methyl sites for hydroxylation is 2. The Morgan fingerprint density at radius 1 is 1.33 bits per heavy atom. The van der Waals surface area contributed by atoms with Crippen molar-refractivity contribution in [2.75, 3.05) is 11.9 Å². The van der Waals surface area contributed by atoms with Crippen molar-refractivity contribution in [3.63, 3.8) is 0 Å². The molecule has 7 heteroatoms. The monoisotopic (exact) mass is 282 g/mol. The molecule has 0 saturated heterocycles. The summed E-state index contributed by atoms with van der Waals surface area (Å²) >= 11 is 0. The summed E-state index contributed by atoms with van der Waals surface area (Å²) in [6.07, 6.45) is 3.03. The standard InChI is InChI=1S/C14H14N6O/c1-9-10(2)19-20-14(17-9)18-13(21)12-5-7-16-8-11(12)4-3-6-15/h5,7-8H,6,15H2,1-2H3,(H,17,18,20,21). The maximum Gasteiger partial charge on any atom is 0.259 e. The normalized spacial score (nSPS) is 9.67. The third kappa shape index (κ3) is 3.58. The summed E-state index contributed by atoms with van der Waals surface area (Å²) in [5, 5.41) is 10.3. The van der Waals surface area contributed by atoms with Crippen LogP contribution in [0.25, 0.3) is 0 Å². The quantitative estimate of drug-likeness (QED) is 0.774. The minimum absolute atomic E-state index is 0.151. The molecule has 0 saturated carbocycles. The molecule has 0 aliphatic carbocycles. The van der Waals surface area contributed by atoms with Crippen LogP contribution in [0.2, 0.25) is 0 Å². The van der Waals surface area contributed by atoms with Crippen LogP contribution in [0, 0.1) is 25.7 Å². The van der Waals surface area contributed by atoms with Crippen molar-refractivity contribution in [1.29, 1.82) is 0 Å². The van der Waals surface area contributed by atoms with Gasteiger partial charge in [0.15, 0.2) is 0 Å². The molecule has 0 unspecified atom stereocenters. The van der Waals surface area contributed by atoms with E-state index in [4.69, 9.17) is 5.73 Å². The van der Waals surface area contributed by atoms with E-state index in [0.717, 1.165) is 0 Å². The molecule has 0 radical (unpaired) electrons. The number of carbonyl (C=O) groups excluding carboxylic acids is 1. The van der Waals surface area contributed by atoms with Crippen molar-refractivity contribution in [1.82, 2.24) is 20.2 Å². The first kappa shape index (κ1) is 14.6. The highest BCUT2D eigenvalue weighted by Crippen LogP contribution is 2.09. The third-order valence-corrected chi connectivity index (χ3v) is 2.71. The van der Waals surface area contributed by atoms with Gasteiger partial charge in [-0.2, -0.15) is 5.10 Å².